The van der Waals surface area contributed by atoms with Crippen molar-refractivity contribution in [3.63, 3.8) is 0 Å². The molecule has 20 heavy (non-hydrogen) atoms. The van der Waals surface area contributed by atoms with Gasteiger partial charge in [0.1, 0.15) is 5.38 Å². The van der Waals surface area contributed by atoms with Crippen molar-refractivity contribution in [2.24, 2.45) is 0 Å². The highest BCUT2D eigenvalue weighted by Crippen LogP contribution is 2.22. The molecule has 0 aromatic heterocycles. The first-order valence-corrected chi connectivity index (χ1v) is 6.62. The standard InChI is InChI=1S/C16H14ClNO2/c1-11(19)13-8-5-9-14(10-13)18-16(20)15(17)12-6-3-2-4-7-12/h2-10,15H,1H3,(H,18,20). The van der Waals surface area contributed by atoms with E-state index in [1.54, 1.807) is 36.4 Å². The summed E-state index contributed by atoms with van der Waals surface area (Å²) < 4.78 is 0. The molecule has 1 atom stereocenters. The fourth-order valence-corrected chi connectivity index (χ4v) is 1.99. The van der Waals surface area contributed by atoms with Crippen molar-refractivity contribution in [3.8, 4) is 0 Å². The molecule has 4 heteroatoms. The van der Waals surface area contributed by atoms with Gasteiger partial charge in [-0.3, -0.25) is 9.59 Å². The van der Waals surface area contributed by atoms with Crippen LogP contribution in [-0.4, -0.2) is 11.7 Å². The summed E-state index contributed by atoms with van der Waals surface area (Å²) in [5.41, 5.74) is 1.84. The van der Waals surface area contributed by atoms with E-state index in [9.17, 15) is 9.59 Å². The smallest absolute Gasteiger partial charge is 0.246 e. The van der Waals surface area contributed by atoms with E-state index in [-0.39, 0.29) is 11.7 Å². The van der Waals surface area contributed by atoms with Crippen LogP contribution >= 0.6 is 11.6 Å². The van der Waals surface area contributed by atoms with Crippen molar-refractivity contribution in [1.82, 2.24) is 0 Å². The number of carbonyl (C=O) groups excluding carboxylic acids is 2. The van der Waals surface area contributed by atoms with Crippen LogP contribution in [0.2, 0.25) is 0 Å². The van der Waals surface area contributed by atoms with Crippen LogP contribution in [0.5, 0.6) is 0 Å². The molecule has 2 rings (SSSR count). The Morgan fingerprint density at radius 1 is 1.05 bits per heavy atom. The van der Waals surface area contributed by atoms with Crippen molar-refractivity contribution in [2.45, 2.75) is 12.3 Å². The quantitative estimate of drug-likeness (QED) is 0.686. The Hall–Kier alpha value is -2.13. The third-order valence-electron chi connectivity index (χ3n) is 2.86. The molecular formula is C16H14ClNO2. The topological polar surface area (TPSA) is 46.2 Å². The van der Waals surface area contributed by atoms with E-state index in [4.69, 9.17) is 11.6 Å². The molecule has 0 bridgehead atoms. The highest BCUT2D eigenvalue weighted by molar-refractivity contribution is 6.32. The average Bonchev–Trinajstić information content (AvgIpc) is 2.47. The lowest BCUT2D eigenvalue weighted by Gasteiger charge is -2.11. The molecule has 3 nitrogen and oxygen atoms in total. The Kier molecular flexibility index (Phi) is 4.53. The Morgan fingerprint density at radius 3 is 2.40 bits per heavy atom. The van der Waals surface area contributed by atoms with Gasteiger partial charge in [-0.25, -0.2) is 0 Å². The van der Waals surface area contributed by atoms with Crippen LogP contribution in [0.4, 0.5) is 5.69 Å². The SMILES string of the molecule is CC(=O)c1cccc(NC(=O)C(Cl)c2ccccc2)c1. The number of ketones is 1. The monoisotopic (exact) mass is 287 g/mol. The molecule has 1 unspecified atom stereocenters. The maximum Gasteiger partial charge on any atom is 0.246 e. The third kappa shape index (κ3) is 3.45. The number of hydrogen-bond acceptors (Lipinski definition) is 2. The van der Waals surface area contributed by atoms with Crippen LogP contribution in [-0.2, 0) is 4.79 Å². The molecule has 1 amide bonds. The van der Waals surface area contributed by atoms with E-state index in [2.05, 4.69) is 5.32 Å². The predicted molar refractivity (Wildman–Crippen MR) is 80.1 cm³/mol. The normalized spacial score (nSPS) is 11.7. The number of rotatable bonds is 4. The van der Waals surface area contributed by atoms with Gasteiger partial charge >= 0.3 is 0 Å². The molecule has 0 spiro atoms. The van der Waals surface area contributed by atoms with Gasteiger partial charge in [0.2, 0.25) is 5.91 Å². The summed E-state index contributed by atoms with van der Waals surface area (Å²) >= 11 is 6.13. The number of amides is 1. The second-order valence-electron chi connectivity index (χ2n) is 4.40. The van der Waals surface area contributed by atoms with Crippen molar-refractivity contribution in [3.05, 3.63) is 65.7 Å². The van der Waals surface area contributed by atoms with Crippen LogP contribution in [0.25, 0.3) is 0 Å². The summed E-state index contributed by atoms with van der Waals surface area (Å²) in [6, 6.07) is 15.9. The number of Topliss-reactive ketones (excluding diaryl/α,β-unsaturated/α-hetero) is 1. The number of nitrogens with one attached hydrogen (secondary N) is 1. The fraction of sp³-hybridized carbons (Fsp3) is 0.125. The van der Waals surface area contributed by atoms with E-state index in [0.29, 0.717) is 11.3 Å². The number of hydrogen-bond donors (Lipinski definition) is 1. The van der Waals surface area contributed by atoms with Crippen LogP contribution < -0.4 is 5.32 Å². The molecule has 0 radical (unpaired) electrons. The van der Waals surface area contributed by atoms with Crippen LogP contribution in [0.3, 0.4) is 0 Å². The van der Waals surface area contributed by atoms with Crippen molar-refractivity contribution >= 4 is 29.0 Å². The minimum atomic E-state index is -0.766. The molecule has 0 fully saturated rings. The van der Waals surface area contributed by atoms with Crippen molar-refractivity contribution in [1.29, 1.82) is 0 Å². The van der Waals surface area contributed by atoms with Gasteiger partial charge in [-0.15, -0.1) is 11.6 Å². The highest BCUT2D eigenvalue weighted by atomic mass is 35.5. The van der Waals surface area contributed by atoms with E-state index in [1.807, 2.05) is 18.2 Å². The Morgan fingerprint density at radius 2 is 1.75 bits per heavy atom. The zero-order chi connectivity index (χ0) is 14.5. The summed E-state index contributed by atoms with van der Waals surface area (Å²) in [7, 11) is 0. The number of alkyl halides is 1. The van der Waals surface area contributed by atoms with E-state index < -0.39 is 5.38 Å². The third-order valence-corrected chi connectivity index (χ3v) is 3.31. The van der Waals surface area contributed by atoms with E-state index in [1.165, 1.54) is 6.92 Å². The van der Waals surface area contributed by atoms with Gasteiger partial charge in [-0.1, -0.05) is 42.5 Å². The molecule has 0 aliphatic rings. The van der Waals surface area contributed by atoms with Gasteiger partial charge in [-0.2, -0.15) is 0 Å². The average molecular weight is 288 g/mol. The van der Waals surface area contributed by atoms with Gasteiger partial charge in [0.15, 0.2) is 5.78 Å². The van der Waals surface area contributed by atoms with Gasteiger partial charge in [-0.05, 0) is 24.6 Å². The zero-order valence-electron chi connectivity index (χ0n) is 11.0. The van der Waals surface area contributed by atoms with Gasteiger partial charge in [0.05, 0.1) is 0 Å². The summed E-state index contributed by atoms with van der Waals surface area (Å²) in [5.74, 6) is -0.370. The molecular weight excluding hydrogens is 274 g/mol. The number of carbonyl (C=O) groups is 2. The molecule has 2 aromatic carbocycles. The number of halogens is 1. The first-order valence-electron chi connectivity index (χ1n) is 6.19. The second-order valence-corrected chi connectivity index (χ2v) is 4.84. The first kappa shape index (κ1) is 14.3. The largest absolute Gasteiger partial charge is 0.324 e. The molecule has 0 saturated carbocycles. The predicted octanol–water partition coefficient (Wildman–Crippen LogP) is 3.81. The zero-order valence-corrected chi connectivity index (χ0v) is 11.7. The highest BCUT2D eigenvalue weighted by Gasteiger charge is 2.17. The van der Waals surface area contributed by atoms with Gasteiger partial charge in [0, 0.05) is 11.3 Å². The fourth-order valence-electron chi connectivity index (χ4n) is 1.79. The summed E-state index contributed by atoms with van der Waals surface area (Å²) in [4.78, 5) is 23.4. The lowest BCUT2D eigenvalue weighted by atomic mass is 10.1. The first-order chi connectivity index (χ1) is 9.58. The van der Waals surface area contributed by atoms with E-state index >= 15 is 0 Å². The maximum absolute atomic E-state index is 12.1. The second kappa shape index (κ2) is 6.35. The van der Waals surface area contributed by atoms with Gasteiger partial charge in [0.25, 0.3) is 0 Å². The minimum absolute atomic E-state index is 0.0495. The summed E-state index contributed by atoms with van der Waals surface area (Å²) in [5, 5.41) is 1.95. The lowest BCUT2D eigenvalue weighted by molar-refractivity contribution is -0.116. The Labute approximate surface area is 122 Å². The molecule has 2 aromatic rings. The molecule has 1 N–H and O–H groups in total. The Bertz CT molecular complexity index is 625. The van der Waals surface area contributed by atoms with Crippen LogP contribution in [0.1, 0.15) is 28.2 Å². The number of benzene rings is 2. The van der Waals surface area contributed by atoms with E-state index in [0.717, 1.165) is 5.56 Å². The lowest BCUT2D eigenvalue weighted by Crippen LogP contribution is -2.17. The van der Waals surface area contributed by atoms with Crippen molar-refractivity contribution in [2.75, 3.05) is 5.32 Å². The van der Waals surface area contributed by atoms with Crippen LogP contribution in [0.15, 0.2) is 54.6 Å². The molecule has 0 aliphatic heterocycles. The summed E-state index contributed by atoms with van der Waals surface area (Å²) in [6.45, 7) is 1.48. The molecule has 102 valence electrons. The summed E-state index contributed by atoms with van der Waals surface area (Å²) in [6.07, 6.45) is 0. The maximum atomic E-state index is 12.1. The molecule has 0 aliphatic carbocycles. The van der Waals surface area contributed by atoms with Gasteiger partial charge < -0.3 is 5.32 Å². The molecule has 0 saturated heterocycles. The molecule has 0 heterocycles. The number of anilines is 1. The minimum Gasteiger partial charge on any atom is -0.324 e. The van der Waals surface area contributed by atoms with Crippen LogP contribution in [0, 0.1) is 0 Å². The van der Waals surface area contributed by atoms with Crippen molar-refractivity contribution < 1.29 is 9.59 Å². The Balaban J connectivity index is 2.12.